The maximum atomic E-state index is 12.2. The number of carbonyl (C=O) groups excluding carboxylic acids is 1. The number of likely N-dealkylation sites (tertiary alicyclic amines) is 1. The van der Waals surface area contributed by atoms with E-state index in [1.807, 2.05) is 0 Å². The van der Waals surface area contributed by atoms with Crippen LogP contribution in [0.2, 0.25) is 0 Å². The Morgan fingerprint density at radius 3 is 2.25 bits per heavy atom. The summed E-state index contributed by atoms with van der Waals surface area (Å²) in [6, 6.07) is 0. The third-order valence-electron chi connectivity index (χ3n) is 4.84. The van der Waals surface area contributed by atoms with Crippen LogP contribution >= 0.6 is 0 Å². The van der Waals surface area contributed by atoms with Crippen molar-refractivity contribution < 1.29 is 4.79 Å². The Kier molecular flexibility index (Phi) is 2.66. The molecule has 2 saturated heterocycles. The maximum Gasteiger partial charge on any atom is 0.225 e. The lowest BCUT2D eigenvalue weighted by atomic mass is 9.73. The van der Waals surface area contributed by atoms with E-state index in [0.717, 1.165) is 25.9 Å². The molecule has 3 aliphatic rings. The number of hydrogen-bond donors (Lipinski definition) is 1. The SMILES string of the molecule is O=C(C1CCCC1)N1CCC2(CC1)CNC2. The third kappa shape index (κ3) is 1.75. The van der Waals surface area contributed by atoms with E-state index in [4.69, 9.17) is 0 Å². The van der Waals surface area contributed by atoms with Crippen molar-refractivity contribution in [3.63, 3.8) is 0 Å². The summed E-state index contributed by atoms with van der Waals surface area (Å²) in [6.45, 7) is 4.38. The van der Waals surface area contributed by atoms with E-state index in [2.05, 4.69) is 10.2 Å². The number of nitrogens with one attached hydrogen (secondary N) is 1. The van der Waals surface area contributed by atoms with Gasteiger partial charge < -0.3 is 10.2 Å². The van der Waals surface area contributed by atoms with E-state index in [-0.39, 0.29) is 0 Å². The Hall–Kier alpha value is -0.570. The molecule has 0 unspecified atom stereocenters. The van der Waals surface area contributed by atoms with Crippen molar-refractivity contribution in [2.24, 2.45) is 11.3 Å². The van der Waals surface area contributed by atoms with Crippen molar-refractivity contribution in [2.45, 2.75) is 38.5 Å². The molecule has 1 amide bonds. The van der Waals surface area contributed by atoms with E-state index in [9.17, 15) is 4.79 Å². The predicted molar refractivity (Wildman–Crippen MR) is 63.1 cm³/mol. The van der Waals surface area contributed by atoms with Crippen molar-refractivity contribution in [3.05, 3.63) is 0 Å². The van der Waals surface area contributed by atoms with E-state index < -0.39 is 0 Å². The van der Waals surface area contributed by atoms with E-state index >= 15 is 0 Å². The zero-order chi connectivity index (χ0) is 11.0. The topological polar surface area (TPSA) is 32.3 Å². The summed E-state index contributed by atoms with van der Waals surface area (Å²) >= 11 is 0. The fraction of sp³-hybridized carbons (Fsp3) is 0.923. The van der Waals surface area contributed by atoms with Gasteiger partial charge in [0.15, 0.2) is 0 Å². The molecule has 1 saturated carbocycles. The molecule has 0 bridgehead atoms. The molecule has 90 valence electrons. The van der Waals surface area contributed by atoms with Crippen LogP contribution in [0.5, 0.6) is 0 Å². The second-order valence-electron chi connectivity index (χ2n) is 5.91. The number of rotatable bonds is 1. The zero-order valence-corrected chi connectivity index (χ0v) is 10.0. The van der Waals surface area contributed by atoms with Crippen LogP contribution in [0.25, 0.3) is 0 Å². The molecular weight excluding hydrogens is 200 g/mol. The van der Waals surface area contributed by atoms with Crippen molar-refractivity contribution in [2.75, 3.05) is 26.2 Å². The van der Waals surface area contributed by atoms with E-state index in [0.29, 0.717) is 17.2 Å². The van der Waals surface area contributed by atoms with Gasteiger partial charge in [-0.15, -0.1) is 0 Å². The average Bonchev–Trinajstić information content (AvgIpc) is 2.80. The maximum absolute atomic E-state index is 12.2. The van der Waals surface area contributed by atoms with Gasteiger partial charge in [-0.05, 0) is 31.1 Å². The van der Waals surface area contributed by atoms with Gasteiger partial charge in [0.05, 0.1) is 0 Å². The van der Waals surface area contributed by atoms with Crippen molar-refractivity contribution in [1.29, 1.82) is 0 Å². The first-order valence-corrected chi connectivity index (χ1v) is 6.79. The van der Waals surface area contributed by atoms with Crippen LogP contribution in [0.1, 0.15) is 38.5 Å². The molecule has 0 aromatic heterocycles. The smallest absolute Gasteiger partial charge is 0.225 e. The Labute approximate surface area is 97.6 Å². The predicted octanol–water partition coefficient (Wildman–Crippen LogP) is 1.39. The summed E-state index contributed by atoms with van der Waals surface area (Å²) in [4.78, 5) is 14.4. The molecule has 2 heterocycles. The second-order valence-corrected chi connectivity index (χ2v) is 5.91. The lowest BCUT2D eigenvalue weighted by molar-refractivity contribution is -0.138. The van der Waals surface area contributed by atoms with Crippen LogP contribution in [-0.4, -0.2) is 37.0 Å². The Morgan fingerprint density at radius 2 is 1.75 bits per heavy atom. The Balaban J connectivity index is 1.54. The summed E-state index contributed by atoms with van der Waals surface area (Å²) in [5.41, 5.74) is 0.562. The van der Waals surface area contributed by atoms with Crippen LogP contribution in [0.15, 0.2) is 0 Å². The summed E-state index contributed by atoms with van der Waals surface area (Å²) in [6.07, 6.45) is 7.25. The highest BCUT2D eigenvalue weighted by Crippen LogP contribution is 2.36. The van der Waals surface area contributed by atoms with Gasteiger partial charge in [0.2, 0.25) is 5.91 Å². The summed E-state index contributed by atoms with van der Waals surface area (Å²) in [5, 5.41) is 3.37. The molecular formula is C13H22N2O. The quantitative estimate of drug-likeness (QED) is 0.727. The number of hydrogen-bond acceptors (Lipinski definition) is 2. The van der Waals surface area contributed by atoms with Crippen LogP contribution in [0.4, 0.5) is 0 Å². The monoisotopic (exact) mass is 222 g/mol. The summed E-state index contributed by atoms with van der Waals surface area (Å²) < 4.78 is 0. The minimum atomic E-state index is 0.369. The molecule has 1 N–H and O–H groups in total. The lowest BCUT2D eigenvalue weighted by Crippen LogP contribution is -2.59. The highest BCUT2D eigenvalue weighted by Gasteiger charge is 2.41. The summed E-state index contributed by atoms with van der Waals surface area (Å²) in [5.74, 6) is 0.827. The van der Waals surface area contributed by atoms with E-state index in [1.165, 1.54) is 38.8 Å². The molecule has 1 aliphatic carbocycles. The highest BCUT2D eigenvalue weighted by molar-refractivity contribution is 5.79. The molecule has 2 aliphatic heterocycles. The molecule has 3 rings (SSSR count). The van der Waals surface area contributed by atoms with Crippen molar-refractivity contribution >= 4 is 5.91 Å². The lowest BCUT2D eigenvalue weighted by Gasteiger charge is -2.48. The largest absolute Gasteiger partial charge is 0.342 e. The molecule has 0 aromatic carbocycles. The first-order valence-electron chi connectivity index (χ1n) is 6.79. The van der Waals surface area contributed by atoms with Crippen LogP contribution in [0, 0.1) is 11.3 Å². The van der Waals surface area contributed by atoms with Gasteiger partial charge in [-0.3, -0.25) is 4.79 Å². The normalized spacial score (nSPS) is 29.4. The molecule has 1 spiro atoms. The van der Waals surface area contributed by atoms with Gasteiger partial charge in [-0.2, -0.15) is 0 Å². The Morgan fingerprint density at radius 1 is 1.12 bits per heavy atom. The van der Waals surface area contributed by atoms with Crippen molar-refractivity contribution in [3.8, 4) is 0 Å². The second kappa shape index (κ2) is 4.02. The van der Waals surface area contributed by atoms with Gasteiger partial charge in [-0.1, -0.05) is 12.8 Å². The molecule has 0 aromatic rings. The van der Waals surface area contributed by atoms with Crippen molar-refractivity contribution in [1.82, 2.24) is 10.2 Å². The van der Waals surface area contributed by atoms with Crippen LogP contribution in [-0.2, 0) is 4.79 Å². The third-order valence-corrected chi connectivity index (χ3v) is 4.84. The number of carbonyl (C=O) groups is 1. The van der Waals surface area contributed by atoms with E-state index in [1.54, 1.807) is 0 Å². The van der Waals surface area contributed by atoms with Gasteiger partial charge in [-0.25, -0.2) is 0 Å². The molecule has 0 atom stereocenters. The first-order chi connectivity index (χ1) is 7.79. The zero-order valence-electron chi connectivity index (χ0n) is 10.0. The standard InChI is InChI=1S/C13H22N2O/c16-12(11-3-1-2-4-11)15-7-5-13(6-8-15)9-14-10-13/h11,14H,1-10H2. The number of nitrogens with zero attached hydrogens (tertiary/aromatic N) is 1. The molecule has 3 fully saturated rings. The van der Waals surface area contributed by atoms with Gasteiger partial charge in [0.25, 0.3) is 0 Å². The summed E-state index contributed by atoms with van der Waals surface area (Å²) in [7, 11) is 0. The van der Waals surface area contributed by atoms with Crippen LogP contribution in [0.3, 0.4) is 0 Å². The van der Waals surface area contributed by atoms with Gasteiger partial charge >= 0.3 is 0 Å². The van der Waals surface area contributed by atoms with Gasteiger partial charge in [0, 0.05) is 32.1 Å². The molecule has 3 nitrogen and oxygen atoms in total. The fourth-order valence-corrected chi connectivity index (χ4v) is 3.46. The average molecular weight is 222 g/mol. The molecule has 3 heteroatoms. The van der Waals surface area contributed by atoms with Gasteiger partial charge in [0.1, 0.15) is 0 Å². The molecule has 16 heavy (non-hydrogen) atoms. The Bertz CT molecular complexity index is 270. The highest BCUT2D eigenvalue weighted by atomic mass is 16.2. The number of amides is 1. The molecule has 0 radical (unpaired) electrons. The fourth-order valence-electron chi connectivity index (χ4n) is 3.46. The number of piperidine rings is 1. The van der Waals surface area contributed by atoms with Crippen LogP contribution < -0.4 is 5.32 Å². The minimum absolute atomic E-state index is 0.369. The minimum Gasteiger partial charge on any atom is -0.342 e. The first kappa shape index (κ1) is 10.6.